The average molecular weight is 330 g/mol. The Morgan fingerprint density at radius 1 is 1.17 bits per heavy atom. The zero-order valence-corrected chi connectivity index (χ0v) is 14.2. The van der Waals surface area contributed by atoms with Gasteiger partial charge in [0.1, 0.15) is 11.1 Å². The second-order valence-electron chi connectivity index (χ2n) is 6.41. The molecule has 0 unspecified atom stereocenters. The van der Waals surface area contributed by atoms with Crippen molar-refractivity contribution in [2.24, 2.45) is 0 Å². The fourth-order valence-corrected chi connectivity index (χ4v) is 2.22. The fraction of sp³-hybridized carbons (Fsp3) is 0.800. The lowest BCUT2D eigenvalue weighted by atomic mass is 9.90. The first-order valence-corrected chi connectivity index (χ1v) is 7.62. The fourth-order valence-electron chi connectivity index (χ4n) is 2.22. The molecule has 0 atom stereocenters. The molecule has 1 heterocycles. The molecule has 0 aromatic carbocycles. The number of carbonyl (C=O) groups excluding carboxylic acids is 3. The summed E-state index contributed by atoms with van der Waals surface area (Å²) in [5.41, 5.74) is -1.64. The van der Waals surface area contributed by atoms with Gasteiger partial charge in [-0.05, 0) is 20.8 Å². The van der Waals surface area contributed by atoms with Crippen molar-refractivity contribution in [3.63, 3.8) is 0 Å². The maximum absolute atomic E-state index is 12.1. The normalized spacial score (nSPS) is 17.0. The van der Waals surface area contributed by atoms with Gasteiger partial charge in [0.25, 0.3) is 0 Å². The summed E-state index contributed by atoms with van der Waals surface area (Å²) in [6.45, 7) is 6.14. The number of rotatable bonds is 5. The Bertz CT molecular complexity index is 438. The molecule has 0 bridgehead atoms. The zero-order valence-electron chi connectivity index (χ0n) is 14.2. The number of amides is 2. The molecule has 132 valence electrons. The molecule has 1 fully saturated rings. The minimum atomic E-state index is -1.05. The minimum absolute atomic E-state index is 0.0405. The highest BCUT2D eigenvalue weighted by atomic mass is 16.6. The van der Waals surface area contributed by atoms with Crippen molar-refractivity contribution in [1.82, 2.24) is 10.6 Å². The van der Waals surface area contributed by atoms with Gasteiger partial charge in [0.05, 0.1) is 7.11 Å². The Morgan fingerprint density at radius 3 is 2.30 bits per heavy atom. The smallest absolute Gasteiger partial charge is 0.407 e. The molecule has 0 saturated carbocycles. The SMILES string of the molecule is COC(=O)C1(NC(=O)CCNC(=O)OC(C)(C)C)CCOCC1. The summed E-state index contributed by atoms with van der Waals surface area (Å²) in [4.78, 5) is 35.5. The Balaban J connectivity index is 2.45. The standard InChI is InChI=1S/C15H26N2O6/c1-14(2,3)23-13(20)16-8-5-11(18)17-15(12(19)21-4)6-9-22-10-7-15/h5-10H2,1-4H3,(H,16,20)(H,17,18). The number of carbonyl (C=O) groups is 3. The molecule has 1 aliphatic rings. The van der Waals surface area contributed by atoms with Crippen molar-refractivity contribution in [2.75, 3.05) is 26.9 Å². The molecule has 8 nitrogen and oxygen atoms in total. The first-order valence-electron chi connectivity index (χ1n) is 7.62. The predicted octanol–water partition coefficient (Wildman–Crippen LogP) is 0.740. The van der Waals surface area contributed by atoms with Gasteiger partial charge < -0.3 is 24.8 Å². The van der Waals surface area contributed by atoms with E-state index in [9.17, 15) is 14.4 Å². The molecule has 1 aliphatic heterocycles. The molecule has 23 heavy (non-hydrogen) atoms. The Morgan fingerprint density at radius 2 is 1.78 bits per heavy atom. The van der Waals surface area contributed by atoms with Gasteiger partial charge >= 0.3 is 12.1 Å². The van der Waals surface area contributed by atoms with Crippen LogP contribution >= 0.6 is 0 Å². The molecule has 0 aromatic heterocycles. The Labute approximate surface area is 136 Å². The van der Waals surface area contributed by atoms with Gasteiger partial charge in [-0.1, -0.05) is 0 Å². The molecule has 1 rings (SSSR count). The molecular formula is C15H26N2O6. The van der Waals surface area contributed by atoms with Crippen LogP contribution in [-0.4, -0.2) is 56.0 Å². The minimum Gasteiger partial charge on any atom is -0.467 e. The van der Waals surface area contributed by atoms with Crippen LogP contribution in [0.5, 0.6) is 0 Å². The first-order chi connectivity index (χ1) is 10.7. The quantitative estimate of drug-likeness (QED) is 0.721. The number of hydrogen-bond acceptors (Lipinski definition) is 6. The van der Waals surface area contributed by atoms with Crippen molar-refractivity contribution >= 4 is 18.0 Å². The van der Waals surface area contributed by atoms with Gasteiger partial charge in [0.2, 0.25) is 5.91 Å². The van der Waals surface area contributed by atoms with Gasteiger partial charge in [-0.15, -0.1) is 0 Å². The second kappa shape index (κ2) is 8.14. The summed E-state index contributed by atoms with van der Waals surface area (Å²) < 4.78 is 15.1. The third kappa shape index (κ3) is 6.43. The Kier molecular flexibility index (Phi) is 6.80. The van der Waals surface area contributed by atoms with Crippen LogP contribution in [0.1, 0.15) is 40.0 Å². The van der Waals surface area contributed by atoms with Crippen LogP contribution in [-0.2, 0) is 23.8 Å². The van der Waals surface area contributed by atoms with Crippen LogP contribution in [0.2, 0.25) is 0 Å². The van der Waals surface area contributed by atoms with E-state index in [-0.39, 0.29) is 18.9 Å². The molecule has 2 amide bonds. The number of esters is 1. The van der Waals surface area contributed by atoms with Gasteiger partial charge in [0.15, 0.2) is 0 Å². The summed E-state index contributed by atoms with van der Waals surface area (Å²) in [6, 6.07) is 0. The lowest BCUT2D eigenvalue weighted by molar-refractivity contribution is -0.155. The largest absolute Gasteiger partial charge is 0.467 e. The molecule has 1 saturated heterocycles. The molecule has 8 heteroatoms. The van der Waals surface area contributed by atoms with Crippen LogP contribution in [0.25, 0.3) is 0 Å². The van der Waals surface area contributed by atoms with Crippen LogP contribution in [0.4, 0.5) is 4.79 Å². The van der Waals surface area contributed by atoms with E-state index in [4.69, 9.17) is 14.2 Å². The zero-order chi connectivity index (χ0) is 17.5. The Hall–Kier alpha value is -1.83. The molecule has 0 spiro atoms. The van der Waals surface area contributed by atoms with E-state index in [1.165, 1.54) is 7.11 Å². The van der Waals surface area contributed by atoms with E-state index in [2.05, 4.69) is 10.6 Å². The molecule has 0 radical (unpaired) electrons. The van der Waals surface area contributed by atoms with Gasteiger partial charge in [-0.25, -0.2) is 9.59 Å². The monoisotopic (exact) mass is 330 g/mol. The summed E-state index contributed by atoms with van der Waals surface area (Å²) in [5, 5.41) is 5.22. The second-order valence-corrected chi connectivity index (χ2v) is 6.41. The van der Waals surface area contributed by atoms with Crippen LogP contribution in [0.3, 0.4) is 0 Å². The summed E-state index contributed by atoms with van der Waals surface area (Å²) in [6.07, 6.45) is 0.188. The third-order valence-electron chi connectivity index (χ3n) is 3.32. The van der Waals surface area contributed by atoms with E-state index in [1.807, 2.05) is 0 Å². The van der Waals surface area contributed by atoms with Crippen LogP contribution < -0.4 is 10.6 Å². The van der Waals surface area contributed by atoms with Crippen molar-refractivity contribution < 1.29 is 28.6 Å². The van der Waals surface area contributed by atoms with Gasteiger partial charge in [-0.2, -0.15) is 0 Å². The van der Waals surface area contributed by atoms with Gasteiger partial charge in [0, 0.05) is 39.0 Å². The van der Waals surface area contributed by atoms with E-state index in [0.29, 0.717) is 26.1 Å². The molecular weight excluding hydrogens is 304 g/mol. The predicted molar refractivity (Wildman–Crippen MR) is 81.8 cm³/mol. The van der Waals surface area contributed by atoms with Crippen molar-refractivity contribution in [1.29, 1.82) is 0 Å². The lowest BCUT2D eigenvalue weighted by Gasteiger charge is -2.35. The van der Waals surface area contributed by atoms with Crippen molar-refractivity contribution in [3.05, 3.63) is 0 Å². The van der Waals surface area contributed by atoms with E-state index in [0.717, 1.165) is 0 Å². The van der Waals surface area contributed by atoms with Crippen LogP contribution in [0, 0.1) is 0 Å². The number of alkyl carbamates (subject to hydrolysis) is 1. The van der Waals surface area contributed by atoms with Crippen molar-refractivity contribution in [2.45, 2.75) is 51.2 Å². The highest BCUT2D eigenvalue weighted by Crippen LogP contribution is 2.22. The molecule has 0 aliphatic carbocycles. The molecule has 2 N–H and O–H groups in total. The summed E-state index contributed by atoms with van der Waals surface area (Å²) in [7, 11) is 1.29. The summed E-state index contributed by atoms with van der Waals surface area (Å²) in [5.74, 6) is -0.817. The number of ether oxygens (including phenoxy) is 3. The molecule has 0 aromatic rings. The van der Waals surface area contributed by atoms with Crippen LogP contribution in [0.15, 0.2) is 0 Å². The van der Waals surface area contributed by atoms with Gasteiger partial charge in [-0.3, -0.25) is 4.79 Å². The van der Waals surface area contributed by atoms with E-state index >= 15 is 0 Å². The highest BCUT2D eigenvalue weighted by molar-refractivity contribution is 5.88. The maximum Gasteiger partial charge on any atom is 0.407 e. The van der Waals surface area contributed by atoms with Crippen molar-refractivity contribution in [3.8, 4) is 0 Å². The summed E-state index contributed by atoms with van der Waals surface area (Å²) >= 11 is 0. The number of nitrogens with one attached hydrogen (secondary N) is 2. The first kappa shape index (κ1) is 19.2. The topological polar surface area (TPSA) is 103 Å². The highest BCUT2D eigenvalue weighted by Gasteiger charge is 2.42. The van der Waals surface area contributed by atoms with E-state index < -0.39 is 23.2 Å². The maximum atomic E-state index is 12.1. The number of methoxy groups -OCH3 is 1. The number of hydrogen-bond donors (Lipinski definition) is 2. The van der Waals surface area contributed by atoms with E-state index in [1.54, 1.807) is 20.8 Å². The third-order valence-corrected chi connectivity index (χ3v) is 3.32. The lowest BCUT2D eigenvalue weighted by Crippen LogP contribution is -2.58. The average Bonchev–Trinajstić information content (AvgIpc) is 2.45.